The molecule has 0 radical (unpaired) electrons. The monoisotopic (exact) mass is 238 g/mol. The van der Waals surface area contributed by atoms with Gasteiger partial charge in [-0.3, -0.25) is 0 Å². The van der Waals surface area contributed by atoms with Crippen molar-refractivity contribution in [3.63, 3.8) is 0 Å². The van der Waals surface area contributed by atoms with Crippen LogP contribution in [0.1, 0.15) is 11.3 Å². The standard InChI is InChI=1S/C11H6F3N3/c12-11(13,14)10-7(5-15)9(16)6-3-1-2-4-8(6)17-10/h1-4H,(H2,16,17)/p+1. The summed E-state index contributed by atoms with van der Waals surface area (Å²) < 4.78 is 38.1. The van der Waals surface area contributed by atoms with Gasteiger partial charge in [-0.1, -0.05) is 12.1 Å². The average molecular weight is 238 g/mol. The lowest BCUT2D eigenvalue weighted by Gasteiger charge is -2.06. The third-order valence-corrected chi connectivity index (χ3v) is 2.39. The van der Waals surface area contributed by atoms with E-state index < -0.39 is 17.4 Å². The molecule has 0 fully saturated rings. The number of H-pyrrole nitrogens is 1. The number of pyridine rings is 1. The van der Waals surface area contributed by atoms with Crippen molar-refractivity contribution in [3.05, 3.63) is 35.5 Å². The molecule has 0 spiro atoms. The zero-order chi connectivity index (χ0) is 12.6. The first-order valence-corrected chi connectivity index (χ1v) is 4.66. The van der Waals surface area contributed by atoms with Gasteiger partial charge >= 0.3 is 11.9 Å². The highest BCUT2D eigenvalue weighted by atomic mass is 19.4. The summed E-state index contributed by atoms with van der Waals surface area (Å²) >= 11 is 0. The highest BCUT2D eigenvalue weighted by molar-refractivity contribution is 5.90. The van der Waals surface area contributed by atoms with E-state index in [1.165, 1.54) is 12.1 Å². The summed E-state index contributed by atoms with van der Waals surface area (Å²) in [5.41, 5.74) is 3.99. The van der Waals surface area contributed by atoms with Crippen LogP contribution in [0.5, 0.6) is 0 Å². The first kappa shape index (κ1) is 11.2. The molecular formula is C11H7F3N3+. The third kappa shape index (κ3) is 1.76. The van der Waals surface area contributed by atoms with Crippen molar-refractivity contribution in [1.82, 2.24) is 0 Å². The van der Waals surface area contributed by atoms with E-state index in [4.69, 9.17) is 11.0 Å². The third-order valence-electron chi connectivity index (χ3n) is 2.39. The molecular weight excluding hydrogens is 231 g/mol. The predicted molar refractivity (Wildman–Crippen MR) is 54.6 cm³/mol. The van der Waals surface area contributed by atoms with E-state index >= 15 is 0 Å². The molecule has 1 heterocycles. The number of rotatable bonds is 0. The van der Waals surface area contributed by atoms with E-state index in [2.05, 4.69) is 4.98 Å². The van der Waals surface area contributed by atoms with Crippen LogP contribution in [0, 0.1) is 11.3 Å². The number of fused-ring (bicyclic) bond motifs is 1. The van der Waals surface area contributed by atoms with Crippen LogP contribution in [0.2, 0.25) is 0 Å². The Bertz CT molecular complexity index is 626. The first-order valence-electron chi connectivity index (χ1n) is 4.66. The maximum absolute atomic E-state index is 12.7. The van der Waals surface area contributed by atoms with E-state index in [9.17, 15) is 13.2 Å². The summed E-state index contributed by atoms with van der Waals surface area (Å²) in [4.78, 5) is 2.20. The SMILES string of the molecule is N#Cc1c(C(F)(F)F)[nH+]c2ccccc2c1N. The summed E-state index contributed by atoms with van der Waals surface area (Å²) in [6.45, 7) is 0. The number of alkyl halides is 3. The fraction of sp³-hybridized carbons (Fsp3) is 0.0909. The highest BCUT2D eigenvalue weighted by Gasteiger charge is 2.43. The number of nitrogens with two attached hydrogens (primary N) is 1. The van der Waals surface area contributed by atoms with Crippen molar-refractivity contribution in [2.24, 2.45) is 0 Å². The lowest BCUT2D eigenvalue weighted by Crippen LogP contribution is -2.25. The second-order valence-corrected chi connectivity index (χ2v) is 3.44. The Morgan fingerprint density at radius 3 is 2.47 bits per heavy atom. The normalized spacial score (nSPS) is 11.4. The minimum absolute atomic E-state index is 0.158. The number of nitrogen functional groups attached to an aromatic ring is 1. The van der Waals surface area contributed by atoms with Gasteiger partial charge in [-0.2, -0.15) is 23.4 Å². The second kappa shape index (κ2) is 3.63. The second-order valence-electron chi connectivity index (χ2n) is 3.44. The molecule has 2 rings (SSSR count). The summed E-state index contributed by atoms with van der Waals surface area (Å²) in [5, 5.41) is 9.17. The number of nitrogens with zero attached hydrogens (tertiary/aromatic N) is 1. The van der Waals surface area contributed by atoms with Crippen LogP contribution in [0.3, 0.4) is 0 Å². The predicted octanol–water partition coefficient (Wildman–Crippen LogP) is 2.13. The van der Waals surface area contributed by atoms with E-state index in [0.717, 1.165) is 0 Å². The Kier molecular flexibility index (Phi) is 2.39. The lowest BCUT2D eigenvalue weighted by atomic mass is 10.1. The van der Waals surface area contributed by atoms with Crippen LogP contribution in [0.25, 0.3) is 10.9 Å². The van der Waals surface area contributed by atoms with Crippen molar-refractivity contribution in [1.29, 1.82) is 5.26 Å². The molecule has 1 aromatic heterocycles. The topological polar surface area (TPSA) is 64.0 Å². The largest absolute Gasteiger partial charge is 0.478 e. The molecule has 6 heteroatoms. The van der Waals surface area contributed by atoms with Gasteiger partial charge in [0.2, 0.25) is 5.52 Å². The molecule has 17 heavy (non-hydrogen) atoms. The molecule has 0 atom stereocenters. The molecule has 86 valence electrons. The number of anilines is 1. The number of nitriles is 1. The van der Waals surface area contributed by atoms with Gasteiger partial charge < -0.3 is 5.73 Å². The summed E-state index contributed by atoms with van der Waals surface area (Å²) in [6.07, 6.45) is -4.64. The molecule has 3 N–H and O–H groups in total. The van der Waals surface area contributed by atoms with Gasteiger partial charge in [0.25, 0.3) is 0 Å². The van der Waals surface area contributed by atoms with Crippen LogP contribution in [-0.4, -0.2) is 0 Å². The Hall–Kier alpha value is -2.29. The van der Waals surface area contributed by atoms with Gasteiger partial charge in [0, 0.05) is 6.07 Å². The van der Waals surface area contributed by atoms with Gasteiger partial charge in [-0.25, -0.2) is 0 Å². The van der Waals surface area contributed by atoms with E-state index in [1.807, 2.05) is 0 Å². The molecule has 0 amide bonds. The molecule has 0 aliphatic heterocycles. The number of aromatic amines is 1. The maximum Gasteiger partial charge on any atom is 0.478 e. The first-order chi connectivity index (χ1) is 7.95. The molecule has 0 saturated carbocycles. The van der Waals surface area contributed by atoms with Crippen molar-refractivity contribution in [3.8, 4) is 6.07 Å². The molecule has 0 unspecified atom stereocenters. The van der Waals surface area contributed by atoms with Crippen LogP contribution >= 0.6 is 0 Å². The smallest absolute Gasteiger partial charge is 0.397 e. The number of benzene rings is 1. The molecule has 0 aliphatic rings. The number of halogens is 3. The number of hydrogen-bond acceptors (Lipinski definition) is 2. The van der Waals surface area contributed by atoms with Crippen LogP contribution in [0.4, 0.5) is 18.9 Å². The molecule has 0 aliphatic carbocycles. The summed E-state index contributed by atoms with van der Waals surface area (Å²) in [5.74, 6) is 0. The molecule has 3 nitrogen and oxygen atoms in total. The van der Waals surface area contributed by atoms with Gasteiger partial charge in [0.1, 0.15) is 6.07 Å². The van der Waals surface area contributed by atoms with Gasteiger partial charge in [0.15, 0.2) is 5.56 Å². The maximum atomic E-state index is 12.7. The summed E-state index contributed by atoms with van der Waals surface area (Å²) in [7, 11) is 0. The number of nitrogens with one attached hydrogen (secondary N) is 1. The van der Waals surface area contributed by atoms with Crippen LogP contribution in [-0.2, 0) is 6.18 Å². The average Bonchev–Trinajstić information content (AvgIpc) is 2.28. The van der Waals surface area contributed by atoms with Crippen LogP contribution in [0.15, 0.2) is 24.3 Å². The molecule has 0 bridgehead atoms. The Morgan fingerprint density at radius 1 is 1.24 bits per heavy atom. The molecule has 0 saturated heterocycles. The van der Waals surface area contributed by atoms with Crippen molar-refractivity contribution in [2.45, 2.75) is 6.18 Å². The summed E-state index contributed by atoms with van der Waals surface area (Å²) in [6, 6.07) is 7.75. The Balaban J connectivity index is 2.91. The van der Waals surface area contributed by atoms with E-state index in [1.54, 1.807) is 18.2 Å². The number of hydrogen-bond donors (Lipinski definition) is 1. The fourth-order valence-electron chi connectivity index (χ4n) is 1.62. The minimum atomic E-state index is -4.64. The zero-order valence-corrected chi connectivity index (χ0v) is 8.47. The van der Waals surface area contributed by atoms with Crippen molar-refractivity contribution >= 4 is 16.6 Å². The zero-order valence-electron chi connectivity index (χ0n) is 8.47. The van der Waals surface area contributed by atoms with Crippen LogP contribution < -0.4 is 10.7 Å². The van der Waals surface area contributed by atoms with Gasteiger partial charge in [0.05, 0.1) is 11.1 Å². The van der Waals surface area contributed by atoms with Crippen molar-refractivity contribution < 1.29 is 18.2 Å². The number of aromatic nitrogens is 1. The van der Waals surface area contributed by atoms with Gasteiger partial charge in [-0.15, -0.1) is 0 Å². The fourth-order valence-corrected chi connectivity index (χ4v) is 1.62. The quantitative estimate of drug-likeness (QED) is 0.764. The van der Waals surface area contributed by atoms with Gasteiger partial charge in [-0.05, 0) is 6.07 Å². The van der Waals surface area contributed by atoms with E-state index in [0.29, 0.717) is 5.39 Å². The highest BCUT2D eigenvalue weighted by Crippen LogP contribution is 2.33. The van der Waals surface area contributed by atoms with E-state index in [-0.39, 0.29) is 11.2 Å². The molecule has 1 aromatic carbocycles. The Labute approximate surface area is 94.3 Å². The Morgan fingerprint density at radius 2 is 1.88 bits per heavy atom. The molecule has 2 aromatic rings. The number of para-hydroxylation sites is 1. The minimum Gasteiger partial charge on any atom is -0.397 e. The lowest BCUT2D eigenvalue weighted by molar-refractivity contribution is -0.399. The van der Waals surface area contributed by atoms with Crippen molar-refractivity contribution in [2.75, 3.05) is 5.73 Å².